The lowest BCUT2D eigenvalue weighted by molar-refractivity contribution is -0.140. The molecule has 0 unspecified atom stereocenters. The van der Waals surface area contributed by atoms with Crippen molar-refractivity contribution < 1.29 is 19.5 Å². The molecule has 0 spiro atoms. The maximum absolute atomic E-state index is 11.6. The number of hydrogen-bond acceptors (Lipinski definition) is 4. The summed E-state index contributed by atoms with van der Waals surface area (Å²) >= 11 is 0. The van der Waals surface area contributed by atoms with Crippen LogP contribution < -0.4 is 5.73 Å². The summed E-state index contributed by atoms with van der Waals surface area (Å²) in [6, 6.07) is -0.323. The Morgan fingerprint density at radius 1 is 1.29 bits per heavy atom. The van der Waals surface area contributed by atoms with Crippen LogP contribution in [0.2, 0.25) is 0 Å². The molecule has 0 radical (unpaired) electrons. The SMILES string of the molecule is CCC(=O)[C@H]1CN(C(=O)CCC(=O)O)C[C@@H]1N. The van der Waals surface area contributed by atoms with E-state index < -0.39 is 5.97 Å². The summed E-state index contributed by atoms with van der Waals surface area (Å²) in [4.78, 5) is 35.0. The Bertz CT molecular complexity index is 329. The zero-order valence-electron chi connectivity index (χ0n) is 9.89. The Labute approximate surface area is 99.8 Å². The van der Waals surface area contributed by atoms with Crippen LogP contribution in [0.25, 0.3) is 0 Å². The number of Topliss-reactive ketones (excluding diaryl/α,β-unsaturated/α-hetero) is 1. The summed E-state index contributed by atoms with van der Waals surface area (Å²) in [5.74, 6) is -1.47. The number of hydrogen-bond donors (Lipinski definition) is 2. The lowest BCUT2D eigenvalue weighted by atomic mass is 9.98. The van der Waals surface area contributed by atoms with Gasteiger partial charge in [-0.3, -0.25) is 14.4 Å². The Morgan fingerprint density at radius 3 is 2.47 bits per heavy atom. The van der Waals surface area contributed by atoms with Gasteiger partial charge in [0.15, 0.2) is 0 Å². The van der Waals surface area contributed by atoms with Gasteiger partial charge in [-0.05, 0) is 0 Å². The fourth-order valence-corrected chi connectivity index (χ4v) is 2.01. The second-order valence-electron chi connectivity index (χ2n) is 4.28. The van der Waals surface area contributed by atoms with Crippen LogP contribution >= 0.6 is 0 Å². The van der Waals surface area contributed by atoms with E-state index >= 15 is 0 Å². The molecular formula is C11H18N2O4. The molecule has 96 valence electrons. The average Bonchev–Trinajstić information content (AvgIpc) is 2.67. The molecule has 1 aliphatic rings. The van der Waals surface area contributed by atoms with Gasteiger partial charge >= 0.3 is 5.97 Å². The third-order valence-corrected chi connectivity index (χ3v) is 3.03. The molecule has 1 rings (SSSR count). The molecule has 1 amide bonds. The monoisotopic (exact) mass is 242 g/mol. The number of rotatable bonds is 5. The second-order valence-corrected chi connectivity index (χ2v) is 4.28. The van der Waals surface area contributed by atoms with E-state index in [0.717, 1.165) is 0 Å². The number of ketones is 1. The molecule has 1 heterocycles. The molecule has 0 aliphatic carbocycles. The maximum atomic E-state index is 11.6. The van der Waals surface area contributed by atoms with Crippen LogP contribution in [0.4, 0.5) is 0 Å². The molecule has 2 atom stereocenters. The van der Waals surface area contributed by atoms with E-state index in [9.17, 15) is 14.4 Å². The Hall–Kier alpha value is -1.43. The standard InChI is InChI=1S/C11H18N2O4/c1-2-9(14)7-5-13(6-8(7)12)10(15)3-4-11(16)17/h7-8H,2-6,12H2,1H3,(H,16,17)/t7-,8-/m0/s1. The average molecular weight is 242 g/mol. The first-order valence-electron chi connectivity index (χ1n) is 5.73. The Kier molecular flexibility index (Phi) is 4.62. The Morgan fingerprint density at radius 2 is 1.94 bits per heavy atom. The molecule has 0 aromatic carbocycles. The predicted octanol–water partition coefficient (Wildman–Crippen LogP) is -0.384. The highest BCUT2D eigenvalue weighted by molar-refractivity contribution is 5.85. The molecule has 6 nitrogen and oxygen atoms in total. The molecular weight excluding hydrogens is 224 g/mol. The zero-order chi connectivity index (χ0) is 13.0. The van der Waals surface area contributed by atoms with Crippen molar-refractivity contribution in [1.82, 2.24) is 4.90 Å². The van der Waals surface area contributed by atoms with Crippen LogP contribution in [0.15, 0.2) is 0 Å². The third kappa shape index (κ3) is 3.52. The highest BCUT2D eigenvalue weighted by Gasteiger charge is 2.36. The molecule has 1 fully saturated rings. The van der Waals surface area contributed by atoms with Crippen LogP contribution in [0, 0.1) is 5.92 Å². The number of aliphatic carboxylic acids is 1. The number of carbonyl (C=O) groups is 3. The maximum Gasteiger partial charge on any atom is 0.303 e. The number of nitrogens with zero attached hydrogens (tertiary/aromatic N) is 1. The van der Waals surface area contributed by atoms with Crippen molar-refractivity contribution in [2.75, 3.05) is 13.1 Å². The normalized spacial score (nSPS) is 23.8. The Balaban J connectivity index is 2.50. The molecule has 0 aromatic rings. The number of carbonyl (C=O) groups excluding carboxylic acids is 2. The summed E-state index contributed by atoms with van der Waals surface area (Å²) in [6.07, 6.45) is 0.196. The van der Waals surface area contributed by atoms with Gasteiger partial charge in [0, 0.05) is 32.0 Å². The molecule has 0 saturated carbocycles. The highest BCUT2D eigenvalue weighted by atomic mass is 16.4. The van der Waals surface area contributed by atoms with Crippen molar-refractivity contribution in [2.45, 2.75) is 32.2 Å². The number of likely N-dealkylation sites (tertiary alicyclic amines) is 1. The van der Waals surface area contributed by atoms with Gasteiger partial charge in [0.1, 0.15) is 5.78 Å². The van der Waals surface area contributed by atoms with Gasteiger partial charge in [0.05, 0.1) is 12.3 Å². The third-order valence-electron chi connectivity index (χ3n) is 3.03. The number of carboxylic acids is 1. The topological polar surface area (TPSA) is 101 Å². The molecule has 1 aliphatic heterocycles. The molecule has 1 saturated heterocycles. The summed E-state index contributed by atoms with van der Waals surface area (Å²) in [5.41, 5.74) is 5.81. The lowest BCUT2D eigenvalue weighted by Crippen LogP contribution is -2.34. The second kappa shape index (κ2) is 5.77. The summed E-state index contributed by atoms with van der Waals surface area (Å²) in [7, 11) is 0. The first-order chi connectivity index (χ1) is 7.95. The number of carboxylic acid groups (broad SMARTS) is 1. The van der Waals surface area contributed by atoms with Gasteiger partial charge in [0.25, 0.3) is 0 Å². The largest absolute Gasteiger partial charge is 0.481 e. The summed E-state index contributed by atoms with van der Waals surface area (Å²) < 4.78 is 0. The number of nitrogens with two attached hydrogens (primary N) is 1. The van der Waals surface area contributed by atoms with Crippen molar-refractivity contribution >= 4 is 17.7 Å². The van der Waals surface area contributed by atoms with Crippen molar-refractivity contribution in [3.05, 3.63) is 0 Å². The van der Waals surface area contributed by atoms with Gasteiger partial charge in [-0.15, -0.1) is 0 Å². The molecule has 0 bridgehead atoms. The molecule has 0 aromatic heterocycles. The van der Waals surface area contributed by atoms with E-state index in [1.165, 1.54) is 4.90 Å². The van der Waals surface area contributed by atoms with E-state index in [1.807, 2.05) is 0 Å². The van der Waals surface area contributed by atoms with Gasteiger partial charge in [0.2, 0.25) is 5.91 Å². The smallest absolute Gasteiger partial charge is 0.303 e. The van der Waals surface area contributed by atoms with Gasteiger partial charge < -0.3 is 15.7 Å². The van der Waals surface area contributed by atoms with E-state index in [2.05, 4.69) is 0 Å². The number of amides is 1. The first-order valence-corrected chi connectivity index (χ1v) is 5.73. The highest BCUT2D eigenvalue weighted by Crippen LogP contribution is 2.18. The van der Waals surface area contributed by atoms with Crippen LogP contribution in [-0.4, -0.2) is 46.8 Å². The first kappa shape index (κ1) is 13.6. The van der Waals surface area contributed by atoms with Crippen LogP contribution in [-0.2, 0) is 14.4 Å². The van der Waals surface area contributed by atoms with Gasteiger partial charge in [-0.1, -0.05) is 6.92 Å². The summed E-state index contributed by atoms with van der Waals surface area (Å²) in [6.45, 7) is 2.44. The van der Waals surface area contributed by atoms with Gasteiger partial charge in [-0.2, -0.15) is 0 Å². The fourth-order valence-electron chi connectivity index (χ4n) is 2.01. The molecule has 17 heavy (non-hydrogen) atoms. The van der Waals surface area contributed by atoms with Crippen molar-refractivity contribution in [1.29, 1.82) is 0 Å². The quantitative estimate of drug-likeness (QED) is 0.684. The lowest BCUT2D eigenvalue weighted by Gasteiger charge is -2.15. The van der Waals surface area contributed by atoms with Crippen LogP contribution in [0.1, 0.15) is 26.2 Å². The minimum Gasteiger partial charge on any atom is -0.481 e. The van der Waals surface area contributed by atoms with Crippen molar-refractivity contribution in [3.63, 3.8) is 0 Å². The van der Waals surface area contributed by atoms with Crippen molar-refractivity contribution in [2.24, 2.45) is 11.7 Å². The summed E-state index contributed by atoms with van der Waals surface area (Å²) in [5, 5.41) is 8.49. The minimum absolute atomic E-state index is 0.0326. The van der Waals surface area contributed by atoms with E-state index in [4.69, 9.17) is 10.8 Å². The van der Waals surface area contributed by atoms with E-state index in [0.29, 0.717) is 19.5 Å². The van der Waals surface area contributed by atoms with E-state index in [1.54, 1.807) is 6.92 Å². The van der Waals surface area contributed by atoms with Gasteiger partial charge in [-0.25, -0.2) is 0 Å². The molecule has 3 N–H and O–H groups in total. The van der Waals surface area contributed by atoms with Crippen LogP contribution in [0.3, 0.4) is 0 Å². The minimum atomic E-state index is -0.997. The van der Waals surface area contributed by atoms with E-state index in [-0.39, 0.29) is 36.5 Å². The fraction of sp³-hybridized carbons (Fsp3) is 0.727. The zero-order valence-corrected chi connectivity index (χ0v) is 9.89. The molecule has 6 heteroatoms. The van der Waals surface area contributed by atoms with Crippen LogP contribution in [0.5, 0.6) is 0 Å². The predicted molar refractivity (Wildman–Crippen MR) is 60.2 cm³/mol. The van der Waals surface area contributed by atoms with Crippen molar-refractivity contribution in [3.8, 4) is 0 Å².